The predicted octanol–water partition coefficient (Wildman–Crippen LogP) is 2.85. The van der Waals surface area contributed by atoms with Crippen molar-refractivity contribution >= 4 is 35.3 Å². The third-order valence-electron chi connectivity index (χ3n) is 4.12. The highest BCUT2D eigenvalue weighted by Gasteiger charge is 2.35. The second-order valence-corrected chi connectivity index (χ2v) is 6.33. The summed E-state index contributed by atoms with van der Waals surface area (Å²) in [7, 11) is 1.58. The van der Waals surface area contributed by atoms with Gasteiger partial charge in [-0.15, -0.1) is 0 Å². The van der Waals surface area contributed by atoms with Crippen molar-refractivity contribution in [2.45, 2.75) is 6.42 Å². The van der Waals surface area contributed by atoms with E-state index in [2.05, 4.69) is 10.5 Å². The molecule has 1 fully saturated rings. The number of benzene rings is 2. The smallest absolute Gasteiger partial charge is 0.245 e. The fraction of sp³-hybridized carbons (Fsp3) is 0.211. The monoisotopic (exact) mass is 371 g/mol. The number of halogens is 1. The maximum Gasteiger partial charge on any atom is 0.245 e. The third-order valence-corrected chi connectivity index (χ3v) is 4.37. The Morgan fingerprint density at radius 1 is 1.31 bits per heavy atom. The molecule has 0 aromatic heterocycles. The molecule has 7 heteroatoms. The number of nitrogens with one attached hydrogen (secondary N) is 1. The number of anilines is 1. The zero-order valence-electron chi connectivity index (χ0n) is 14.2. The largest absolute Gasteiger partial charge is 0.497 e. The predicted molar refractivity (Wildman–Crippen MR) is 101 cm³/mol. The van der Waals surface area contributed by atoms with Gasteiger partial charge in [0.15, 0.2) is 0 Å². The normalized spacial score (nSPS) is 16.9. The molecular formula is C19H18ClN3O3. The van der Waals surface area contributed by atoms with Gasteiger partial charge in [0.25, 0.3) is 0 Å². The summed E-state index contributed by atoms with van der Waals surface area (Å²) < 4.78 is 5.14. The molecule has 0 spiro atoms. The lowest BCUT2D eigenvalue weighted by molar-refractivity contribution is -0.126. The molecule has 0 radical (unpaired) electrons. The molecule has 134 valence electrons. The molecule has 1 atom stereocenters. The summed E-state index contributed by atoms with van der Waals surface area (Å²) in [6.07, 6.45) is 1.69. The van der Waals surface area contributed by atoms with E-state index in [1.807, 2.05) is 18.2 Å². The lowest BCUT2D eigenvalue weighted by atomic mass is 10.1. The Morgan fingerprint density at radius 2 is 2.08 bits per heavy atom. The van der Waals surface area contributed by atoms with E-state index in [1.165, 1.54) is 6.21 Å². The highest BCUT2D eigenvalue weighted by atomic mass is 35.5. The van der Waals surface area contributed by atoms with Crippen LogP contribution in [0.3, 0.4) is 0 Å². The number of ether oxygens (including phenoxy) is 1. The van der Waals surface area contributed by atoms with E-state index >= 15 is 0 Å². The van der Waals surface area contributed by atoms with E-state index < -0.39 is 5.92 Å². The van der Waals surface area contributed by atoms with Gasteiger partial charge in [-0.05, 0) is 42.0 Å². The number of carbonyl (C=O) groups excluding carboxylic acids is 2. The van der Waals surface area contributed by atoms with Crippen LogP contribution in [-0.4, -0.2) is 31.7 Å². The number of nitrogens with zero attached hydrogens (tertiary/aromatic N) is 2. The first kappa shape index (κ1) is 17.9. The first-order valence-corrected chi connectivity index (χ1v) is 8.47. The summed E-state index contributed by atoms with van der Waals surface area (Å²) >= 11 is 5.87. The summed E-state index contributed by atoms with van der Waals surface area (Å²) in [5.41, 5.74) is 4.03. The van der Waals surface area contributed by atoms with E-state index in [1.54, 1.807) is 42.3 Å². The van der Waals surface area contributed by atoms with E-state index in [4.69, 9.17) is 16.3 Å². The van der Waals surface area contributed by atoms with Gasteiger partial charge in [-0.25, -0.2) is 5.43 Å². The standard InChI is InChI=1S/C19H18ClN3O3/c1-26-17-4-2-3-13(9-17)11-21-22-19(25)14-10-18(24)23(12-14)16-7-5-15(20)6-8-16/h2-9,11,14H,10,12H2,1H3,(H,22,25)/t14-/m1/s1. The number of methoxy groups -OCH3 is 1. The number of hydrogen-bond donors (Lipinski definition) is 1. The lowest BCUT2D eigenvalue weighted by Crippen LogP contribution is -2.30. The van der Waals surface area contributed by atoms with Crippen LogP contribution in [0, 0.1) is 5.92 Å². The summed E-state index contributed by atoms with van der Waals surface area (Å²) in [6, 6.07) is 14.3. The van der Waals surface area contributed by atoms with Crippen molar-refractivity contribution in [2.75, 3.05) is 18.6 Å². The number of hydrogen-bond acceptors (Lipinski definition) is 4. The van der Waals surface area contributed by atoms with Crippen molar-refractivity contribution in [3.8, 4) is 5.75 Å². The van der Waals surface area contributed by atoms with Gasteiger partial charge in [0.1, 0.15) is 5.75 Å². The second kappa shape index (κ2) is 8.01. The molecule has 6 nitrogen and oxygen atoms in total. The Kier molecular flexibility index (Phi) is 5.53. The van der Waals surface area contributed by atoms with Crippen LogP contribution in [0.2, 0.25) is 5.02 Å². The topological polar surface area (TPSA) is 71.0 Å². The number of carbonyl (C=O) groups is 2. The quantitative estimate of drug-likeness (QED) is 0.649. The van der Waals surface area contributed by atoms with Gasteiger partial charge in [-0.1, -0.05) is 23.7 Å². The molecule has 1 saturated heterocycles. The minimum absolute atomic E-state index is 0.0933. The fourth-order valence-electron chi connectivity index (χ4n) is 2.74. The van der Waals surface area contributed by atoms with Crippen LogP contribution in [0.1, 0.15) is 12.0 Å². The molecule has 1 aliphatic heterocycles. The van der Waals surface area contributed by atoms with Crippen LogP contribution in [0.5, 0.6) is 5.75 Å². The molecule has 1 N–H and O–H groups in total. The van der Waals surface area contributed by atoms with Gasteiger partial charge in [0.05, 0.1) is 19.2 Å². The summed E-state index contributed by atoms with van der Waals surface area (Å²) in [4.78, 5) is 26.1. The van der Waals surface area contributed by atoms with Crippen molar-refractivity contribution < 1.29 is 14.3 Å². The number of hydrazone groups is 1. The molecule has 3 rings (SSSR count). The van der Waals surface area contributed by atoms with Gasteiger partial charge in [0.2, 0.25) is 11.8 Å². The van der Waals surface area contributed by atoms with Crippen molar-refractivity contribution in [3.05, 3.63) is 59.1 Å². The Hall–Kier alpha value is -2.86. The fourth-order valence-corrected chi connectivity index (χ4v) is 2.86. The van der Waals surface area contributed by atoms with Crippen LogP contribution in [0.25, 0.3) is 0 Å². The van der Waals surface area contributed by atoms with Crippen LogP contribution in [-0.2, 0) is 9.59 Å². The number of amides is 2. The van der Waals surface area contributed by atoms with Crippen molar-refractivity contribution in [1.82, 2.24) is 5.43 Å². The molecule has 0 saturated carbocycles. The molecule has 2 amide bonds. The Labute approximate surface area is 156 Å². The van der Waals surface area contributed by atoms with E-state index in [9.17, 15) is 9.59 Å². The maximum atomic E-state index is 12.3. The van der Waals surface area contributed by atoms with Crippen LogP contribution in [0.15, 0.2) is 53.6 Å². The highest BCUT2D eigenvalue weighted by Crippen LogP contribution is 2.26. The maximum absolute atomic E-state index is 12.3. The van der Waals surface area contributed by atoms with Crippen LogP contribution >= 0.6 is 11.6 Å². The molecule has 0 aliphatic carbocycles. The molecule has 2 aromatic carbocycles. The first-order valence-electron chi connectivity index (χ1n) is 8.09. The highest BCUT2D eigenvalue weighted by molar-refractivity contribution is 6.30. The number of rotatable bonds is 5. The van der Waals surface area contributed by atoms with Gasteiger partial charge in [-0.2, -0.15) is 5.10 Å². The van der Waals surface area contributed by atoms with Gasteiger partial charge < -0.3 is 9.64 Å². The minimum atomic E-state index is -0.444. The van der Waals surface area contributed by atoms with Crippen LogP contribution < -0.4 is 15.1 Å². The molecule has 26 heavy (non-hydrogen) atoms. The van der Waals surface area contributed by atoms with E-state index in [0.29, 0.717) is 17.3 Å². The average Bonchev–Trinajstić information content (AvgIpc) is 3.04. The zero-order chi connectivity index (χ0) is 18.5. The summed E-state index contributed by atoms with van der Waals surface area (Å²) in [5, 5.41) is 4.57. The van der Waals surface area contributed by atoms with Gasteiger partial charge in [-0.3, -0.25) is 9.59 Å². The second-order valence-electron chi connectivity index (χ2n) is 5.89. The lowest BCUT2D eigenvalue weighted by Gasteiger charge is -2.16. The van der Waals surface area contributed by atoms with Crippen LogP contribution in [0.4, 0.5) is 5.69 Å². The van der Waals surface area contributed by atoms with Crippen molar-refractivity contribution in [3.63, 3.8) is 0 Å². The Bertz CT molecular complexity index is 836. The first-order chi connectivity index (χ1) is 12.6. The Morgan fingerprint density at radius 3 is 2.81 bits per heavy atom. The Balaban J connectivity index is 1.59. The zero-order valence-corrected chi connectivity index (χ0v) is 14.9. The van der Waals surface area contributed by atoms with Gasteiger partial charge in [0, 0.05) is 23.7 Å². The summed E-state index contributed by atoms with van der Waals surface area (Å²) in [6.45, 7) is 0.320. The van der Waals surface area contributed by atoms with E-state index in [0.717, 1.165) is 11.3 Å². The van der Waals surface area contributed by atoms with E-state index in [-0.39, 0.29) is 18.2 Å². The van der Waals surface area contributed by atoms with Crippen molar-refractivity contribution in [2.24, 2.45) is 11.0 Å². The molecule has 2 aromatic rings. The SMILES string of the molecule is COc1cccc(C=NNC(=O)[C@@H]2CC(=O)N(c3ccc(Cl)cc3)C2)c1. The molecule has 0 bridgehead atoms. The molecule has 1 aliphatic rings. The third kappa shape index (κ3) is 4.21. The van der Waals surface area contributed by atoms with Gasteiger partial charge >= 0.3 is 0 Å². The molecular weight excluding hydrogens is 354 g/mol. The average molecular weight is 372 g/mol. The molecule has 1 heterocycles. The van der Waals surface area contributed by atoms with Crippen molar-refractivity contribution in [1.29, 1.82) is 0 Å². The summed E-state index contributed by atoms with van der Waals surface area (Å²) in [5.74, 6) is -0.112. The molecule has 0 unspecified atom stereocenters. The minimum Gasteiger partial charge on any atom is -0.497 e.